The molecule has 0 amide bonds. The molecule has 0 radical (unpaired) electrons. The van der Waals surface area contributed by atoms with E-state index in [1.54, 1.807) is 13.8 Å². The summed E-state index contributed by atoms with van der Waals surface area (Å²) in [7, 11) is 0. The standard InChI is InChI=1S/C21H26FNO2/c1-12-9-14(25-11-21(3,4)24)10-13(2)19(12)15-5-7-17(22)20-16(15)6-8-18(20)23/h5,7,9-10,18,24H,6,8,11,23H2,1-4H3/t18-/m1/s1. The monoisotopic (exact) mass is 343 g/mol. The molecular formula is C21H26FNO2. The average Bonchev–Trinajstić information content (AvgIpc) is 2.89. The van der Waals surface area contributed by atoms with Crippen LogP contribution in [-0.4, -0.2) is 17.3 Å². The van der Waals surface area contributed by atoms with Gasteiger partial charge in [-0.1, -0.05) is 6.07 Å². The van der Waals surface area contributed by atoms with Crippen LogP contribution in [0.25, 0.3) is 11.1 Å². The molecule has 3 N–H and O–H groups in total. The lowest BCUT2D eigenvalue weighted by Gasteiger charge is -2.20. The summed E-state index contributed by atoms with van der Waals surface area (Å²) in [4.78, 5) is 0. The third-order valence-corrected chi connectivity index (χ3v) is 4.75. The molecule has 0 aromatic heterocycles. The van der Waals surface area contributed by atoms with Crippen molar-refractivity contribution in [2.45, 2.75) is 52.2 Å². The van der Waals surface area contributed by atoms with Gasteiger partial charge in [0.05, 0.1) is 5.60 Å². The van der Waals surface area contributed by atoms with E-state index in [9.17, 15) is 9.50 Å². The second-order valence-electron chi connectivity index (χ2n) is 7.67. The first-order valence-corrected chi connectivity index (χ1v) is 8.71. The number of nitrogens with two attached hydrogens (primary N) is 1. The fraction of sp³-hybridized carbons (Fsp3) is 0.429. The van der Waals surface area contributed by atoms with Gasteiger partial charge in [-0.3, -0.25) is 0 Å². The predicted molar refractivity (Wildman–Crippen MR) is 98.4 cm³/mol. The van der Waals surface area contributed by atoms with Crippen molar-refractivity contribution in [1.29, 1.82) is 0 Å². The van der Waals surface area contributed by atoms with E-state index in [2.05, 4.69) is 0 Å². The van der Waals surface area contributed by atoms with Gasteiger partial charge in [-0.2, -0.15) is 0 Å². The van der Waals surface area contributed by atoms with Crippen LogP contribution in [0.3, 0.4) is 0 Å². The molecule has 4 heteroatoms. The van der Waals surface area contributed by atoms with E-state index in [0.717, 1.165) is 46.4 Å². The van der Waals surface area contributed by atoms with Crippen molar-refractivity contribution in [1.82, 2.24) is 0 Å². The summed E-state index contributed by atoms with van der Waals surface area (Å²) >= 11 is 0. The molecule has 134 valence electrons. The quantitative estimate of drug-likeness (QED) is 0.874. The minimum absolute atomic E-state index is 0.204. The zero-order valence-electron chi connectivity index (χ0n) is 15.3. The maximum Gasteiger partial charge on any atom is 0.128 e. The molecule has 25 heavy (non-hydrogen) atoms. The van der Waals surface area contributed by atoms with E-state index in [-0.39, 0.29) is 18.5 Å². The number of aliphatic hydroxyl groups is 1. The van der Waals surface area contributed by atoms with Crippen LogP contribution in [0.4, 0.5) is 4.39 Å². The summed E-state index contributed by atoms with van der Waals surface area (Å²) in [5, 5.41) is 9.83. The van der Waals surface area contributed by atoms with E-state index >= 15 is 0 Å². The largest absolute Gasteiger partial charge is 0.491 e. The summed E-state index contributed by atoms with van der Waals surface area (Å²) in [6.45, 7) is 7.72. The Morgan fingerprint density at radius 1 is 1.24 bits per heavy atom. The Morgan fingerprint density at radius 2 is 1.88 bits per heavy atom. The molecule has 1 atom stereocenters. The van der Waals surface area contributed by atoms with Gasteiger partial charge in [0.25, 0.3) is 0 Å². The highest BCUT2D eigenvalue weighted by Gasteiger charge is 2.27. The maximum atomic E-state index is 14.2. The highest BCUT2D eigenvalue weighted by atomic mass is 19.1. The van der Waals surface area contributed by atoms with Crippen LogP contribution in [0.15, 0.2) is 24.3 Å². The van der Waals surface area contributed by atoms with Gasteiger partial charge in [0.1, 0.15) is 18.2 Å². The Balaban J connectivity index is 2.02. The SMILES string of the molecule is Cc1cc(OCC(C)(C)O)cc(C)c1-c1ccc(F)c2c1CC[C@H]2N. The van der Waals surface area contributed by atoms with E-state index in [0.29, 0.717) is 5.56 Å². The van der Waals surface area contributed by atoms with Gasteiger partial charge in [0.15, 0.2) is 0 Å². The van der Waals surface area contributed by atoms with Crippen LogP contribution < -0.4 is 10.5 Å². The third kappa shape index (κ3) is 3.55. The van der Waals surface area contributed by atoms with Crippen molar-refractivity contribution in [2.75, 3.05) is 6.61 Å². The number of aryl methyl sites for hydroxylation is 2. The fourth-order valence-corrected chi connectivity index (χ4v) is 3.68. The molecule has 0 saturated heterocycles. The lowest BCUT2D eigenvalue weighted by molar-refractivity contribution is 0.0284. The third-order valence-electron chi connectivity index (χ3n) is 4.75. The zero-order valence-corrected chi connectivity index (χ0v) is 15.3. The van der Waals surface area contributed by atoms with Gasteiger partial charge in [-0.25, -0.2) is 4.39 Å². The number of ether oxygens (including phenoxy) is 1. The van der Waals surface area contributed by atoms with Crippen molar-refractivity contribution in [2.24, 2.45) is 5.73 Å². The van der Waals surface area contributed by atoms with E-state index in [1.807, 2.05) is 32.0 Å². The number of fused-ring (bicyclic) bond motifs is 1. The maximum absolute atomic E-state index is 14.2. The molecule has 2 aromatic carbocycles. The van der Waals surface area contributed by atoms with Crippen LogP contribution in [0.2, 0.25) is 0 Å². The van der Waals surface area contributed by atoms with Crippen molar-refractivity contribution in [3.05, 3.63) is 52.3 Å². The van der Waals surface area contributed by atoms with Gasteiger partial charge in [-0.05, 0) is 86.6 Å². The first kappa shape index (κ1) is 17.9. The Hall–Kier alpha value is -1.91. The average molecular weight is 343 g/mol. The molecule has 0 heterocycles. The Morgan fingerprint density at radius 3 is 2.48 bits per heavy atom. The van der Waals surface area contributed by atoms with Crippen LogP contribution in [0.1, 0.15) is 48.6 Å². The predicted octanol–water partition coefficient (Wildman–Crippen LogP) is 4.21. The summed E-state index contributed by atoms with van der Waals surface area (Å²) < 4.78 is 19.9. The van der Waals surface area contributed by atoms with E-state index < -0.39 is 5.60 Å². The van der Waals surface area contributed by atoms with Gasteiger partial charge in [-0.15, -0.1) is 0 Å². The normalized spacial score (nSPS) is 16.8. The molecule has 0 spiro atoms. The van der Waals surface area contributed by atoms with Gasteiger partial charge in [0, 0.05) is 11.6 Å². The van der Waals surface area contributed by atoms with Crippen LogP contribution in [-0.2, 0) is 6.42 Å². The molecule has 1 aliphatic carbocycles. The number of benzene rings is 2. The van der Waals surface area contributed by atoms with Crippen molar-refractivity contribution >= 4 is 0 Å². The fourth-order valence-electron chi connectivity index (χ4n) is 3.68. The highest BCUT2D eigenvalue weighted by molar-refractivity contribution is 5.76. The molecule has 0 bridgehead atoms. The lowest BCUT2D eigenvalue weighted by atomic mass is 9.90. The summed E-state index contributed by atoms with van der Waals surface area (Å²) in [5.41, 5.74) is 11.2. The highest BCUT2D eigenvalue weighted by Crippen LogP contribution is 2.41. The summed E-state index contributed by atoms with van der Waals surface area (Å²) in [5.74, 6) is 0.528. The van der Waals surface area contributed by atoms with Crippen molar-refractivity contribution < 1.29 is 14.2 Å². The number of rotatable bonds is 4. The minimum atomic E-state index is -0.881. The molecule has 0 fully saturated rings. The van der Waals surface area contributed by atoms with Crippen molar-refractivity contribution in [3.63, 3.8) is 0 Å². The molecular weight excluding hydrogens is 317 g/mol. The zero-order chi connectivity index (χ0) is 18.4. The topological polar surface area (TPSA) is 55.5 Å². The second-order valence-corrected chi connectivity index (χ2v) is 7.67. The van der Waals surface area contributed by atoms with Gasteiger partial charge >= 0.3 is 0 Å². The Labute approximate surface area is 148 Å². The van der Waals surface area contributed by atoms with E-state index in [4.69, 9.17) is 10.5 Å². The molecule has 3 rings (SSSR count). The first-order valence-electron chi connectivity index (χ1n) is 8.71. The number of hydrogen-bond acceptors (Lipinski definition) is 3. The molecule has 2 aromatic rings. The van der Waals surface area contributed by atoms with E-state index in [1.165, 1.54) is 6.07 Å². The van der Waals surface area contributed by atoms with Crippen LogP contribution in [0, 0.1) is 19.7 Å². The summed E-state index contributed by atoms with van der Waals surface area (Å²) in [6, 6.07) is 7.11. The number of hydrogen-bond donors (Lipinski definition) is 2. The number of halogens is 1. The Bertz CT molecular complexity index is 785. The first-order chi connectivity index (χ1) is 11.7. The smallest absolute Gasteiger partial charge is 0.128 e. The molecule has 1 aliphatic rings. The minimum Gasteiger partial charge on any atom is -0.491 e. The molecule has 0 saturated carbocycles. The van der Waals surface area contributed by atoms with Gasteiger partial charge in [0.2, 0.25) is 0 Å². The van der Waals surface area contributed by atoms with Crippen LogP contribution >= 0.6 is 0 Å². The van der Waals surface area contributed by atoms with Gasteiger partial charge < -0.3 is 15.6 Å². The summed E-state index contributed by atoms with van der Waals surface area (Å²) in [6.07, 6.45) is 1.59. The van der Waals surface area contributed by atoms with Crippen LogP contribution in [0.5, 0.6) is 5.75 Å². The van der Waals surface area contributed by atoms with Crippen molar-refractivity contribution in [3.8, 4) is 16.9 Å². The second kappa shape index (κ2) is 6.43. The molecule has 3 nitrogen and oxygen atoms in total. The molecule has 0 aliphatic heterocycles. The Kier molecular flexibility index (Phi) is 4.60. The lowest BCUT2D eigenvalue weighted by Crippen LogP contribution is -2.27. The molecule has 0 unspecified atom stereocenters.